The molecule has 0 fully saturated rings. The van der Waals surface area contributed by atoms with E-state index in [4.69, 9.17) is 9.84 Å². The van der Waals surface area contributed by atoms with Crippen molar-refractivity contribution in [2.45, 2.75) is 46.5 Å². The fraction of sp³-hybridized carbons (Fsp3) is 0.786. The van der Waals surface area contributed by atoms with Gasteiger partial charge in [0.1, 0.15) is 0 Å². The van der Waals surface area contributed by atoms with Gasteiger partial charge < -0.3 is 15.2 Å². The molecule has 0 saturated carbocycles. The van der Waals surface area contributed by atoms with Crippen LogP contribution in [0.1, 0.15) is 46.5 Å². The summed E-state index contributed by atoms with van der Waals surface area (Å²) in [7, 11) is 0. The van der Waals surface area contributed by atoms with E-state index in [9.17, 15) is 14.4 Å². The number of aliphatic carboxylic acids is 1. The van der Waals surface area contributed by atoms with Gasteiger partial charge in [0.2, 0.25) is 5.91 Å². The van der Waals surface area contributed by atoms with E-state index >= 15 is 0 Å². The highest BCUT2D eigenvalue weighted by Crippen LogP contribution is 2.14. The van der Waals surface area contributed by atoms with Crippen LogP contribution in [0.3, 0.4) is 0 Å². The van der Waals surface area contributed by atoms with Gasteiger partial charge in [-0.15, -0.1) is 0 Å². The average molecular weight is 287 g/mol. The van der Waals surface area contributed by atoms with E-state index in [2.05, 4.69) is 5.32 Å². The van der Waals surface area contributed by atoms with E-state index in [1.807, 2.05) is 13.8 Å². The summed E-state index contributed by atoms with van der Waals surface area (Å²) in [4.78, 5) is 33.4. The first kappa shape index (κ1) is 18.4. The number of hydrogen-bond acceptors (Lipinski definition) is 4. The van der Waals surface area contributed by atoms with Crippen LogP contribution < -0.4 is 5.32 Å². The maximum atomic E-state index is 11.6. The van der Waals surface area contributed by atoms with Crippen molar-refractivity contribution < 1.29 is 24.2 Å². The highest BCUT2D eigenvalue weighted by Gasteiger charge is 2.16. The van der Waals surface area contributed by atoms with Crippen molar-refractivity contribution in [1.82, 2.24) is 5.32 Å². The Kier molecular flexibility index (Phi) is 9.41. The molecule has 0 aromatic carbocycles. The fourth-order valence-corrected chi connectivity index (χ4v) is 1.95. The van der Waals surface area contributed by atoms with Crippen LogP contribution in [-0.2, 0) is 19.1 Å². The van der Waals surface area contributed by atoms with Crippen LogP contribution >= 0.6 is 0 Å². The second-order valence-corrected chi connectivity index (χ2v) is 5.20. The molecule has 1 atom stereocenters. The van der Waals surface area contributed by atoms with Gasteiger partial charge >= 0.3 is 11.9 Å². The molecule has 0 aromatic heterocycles. The minimum atomic E-state index is -0.864. The maximum Gasteiger partial charge on any atom is 0.306 e. The summed E-state index contributed by atoms with van der Waals surface area (Å²) >= 11 is 0. The van der Waals surface area contributed by atoms with E-state index < -0.39 is 11.9 Å². The van der Waals surface area contributed by atoms with Gasteiger partial charge in [0.15, 0.2) is 0 Å². The number of carboxylic acids is 1. The van der Waals surface area contributed by atoms with E-state index in [1.165, 1.54) is 0 Å². The van der Waals surface area contributed by atoms with Crippen molar-refractivity contribution in [1.29, 1.82) is 0 Å². The van der Waals surface area contributed by atoms with Gasteiger partial charge in [0.25, 0.3) is 0 Å². The summed E-state index contributed by atoms with van der Waals surface area (Å²) in [5, 5.41) is 11.5. The third-order valence-electron chi connectivity index (χ3n) is 2.72. The summed E-state index contributed by atoms with van der Waals surface area (Å²) in [6, 6.07) is 0. The summed E-state index contributed by atoms with van der Waals surface area (Å²) in [5.74, 6) is -1.23. The van der Waals surface area contributed by atoms with E-state index in [0.29, 0.717) is 19.1 Å². The van der Waals surface area contributed by atoms with Gasteiger partial charge in [-0.3, -0.25) is 14.4 Å². The van der Waals surface area contributed by atoms with Gasteiger partial charge in [-0.1, -0.05) is 13.8 Å². The molecule has 0 aliphatic carbocycles. The Morgan fingerprint density at radius 1 is 1.20 bits per heavy atom. The van der Waals surface area contributed by atoms with E-state index in [0.717, 1.165) is 6.42 Å². The molecule has 0 radical (unpaired) electrons. The van der Waals surface area contributed by atoms with Crippen LogP contribution in [0.25, 0.3) is 0 Å². The van der Waals surface area contributed by atoms with Gasteiger partial charge in [-0.05, 0) is 25.2 Å². The summed E-state index contributed by atoms with van der Waals surface area (Å²) in [6.07, 6.45) is 0.897. The van der Waals surface area contributed by atoms with Crippen LogP contribution in [0, 0.1) is 11.8 Å². The number of rotatable bonds is 10. The minimum absolute atomic E-state index is 0.0380. The minimum Gasteiger partial charge on any atom is -0.481 e. The van der Waals surface area contributed by atoms with Crippen molar-refractivity contribution in [3.05, 3.63) is 0 Å². The third-order valence-corrected chi connectivity index (χ3v) is 2.72. The summed E-state index contributed by atoms with van der Waals surface area (Å²) in [6.45, 7) is 6.36. The highest BCUT2D eigenvalue weighted by molar-refractivity contribution is 5.81. The zero-order valence-electron chi connectivity index (χ0n) is 12.5. The number of carbonyl (C=O) groups excluding carboxylic acids is 2. The first-order chi connectivity index (χ1) is 9.35. The standard InChI is InChI=1S/C14H25NO5/c1-4-20-14(19)6-5-12(16)15-9-11(7-10(2)3)8-13(17)18/h10-11H,4-9H2,1-3H3,(H,15,16)(H,17,18). The normalized spacial score (nSPS) is 12.0. The highest BCUT2D eigenvalue weighted by atomic mass is 16.5. The number of carbonyl (C=O) groups is 3. The monoisotopic (exact) mass is 287 g/mol. The van der Waals surface area contributed by atoms with Crippen molar-refractivity contribution >= 4 is 17.8 Å². The Balaban J connectivity index is 4.03. The summed E-state index contributed by atoms with van der Waals surface area (Å²) < 4.78 is 4.73. The van der Waals surface area contributed by atoms with Gasteiger partial charge in [0.05, 0.1) is 13.0 Å². The number of ether oxygens (including phenoxy) is 1. The summed E-state index contributed by atoms with van der Waals surface area (Å²) in [5.41, 5.74) is 0. The Hall–Kier alpha value is -1.59. The lowest BCUT2D eigenvalue weighted by Gasteiger charge is -2.17. The van der Waals surface area contributed by atoms with Crippen LogP contribution in [0.5, 0.6) is 0 Å². The molecule has 0 aromatic rings. The SMILES string of the molecule is CCOC(=O)CCC(=O)NCC(CC(=O)O)CC(C)C. The molecule has 0 bridgehead atoms. The molecule has 116 valence electrons. The number of hydrogen-bond donors (Lipinski definition) is 2. The Labute approximate surface area is 119 Å². The number of carboxylic acid groups (broad SMARTS) is 1. The molecular formula is C14H25NO5. The molecule has 6 nitrogen and oxygen atoms in total. The molecular weight excluding hydrogens is 262 g/mol. The molecule has 20 heavy (non-hydrogen) atoms. The zero-order chi connectivity index (χ0) is 15.5. The third kappa shape index (κ3) is 10.3. The van der Waals surface area contributed by atoms with Gasteiger partial charge in [-0.2, -0.15) is 0 Å². The molecule has 1 amide bonds. The van der Waals surface area contributed by atoms with Crippen molar-refractivity contribution in [3.63, 3.8) is 0 Å². The second-order valence-electron chi connectivity index (χ2n) is 5.20. The lowest BCUT2D eigenvalue weighted by molar-refractivity contribution is -0.144. The van der Waals surface area contributed by atoms with E-state index in [-0.39, 0.29) is 31.1 Å². The Morgan fingerprint density at radius 2 is 1.85 bits per heavy atom. The maximum absolute atomic E-state index is 11.6. The van der Waals surface area contributed by atoms with Crippen molar-refractivity contribution in [2.75, 3.05) is 13.2 Å². The molecule has 0 saturated heterocycles. The van der Waals surface area contributed by atoms with Crippen LogP contribution in [-0.4, -0.2) is 36.1 Å². The van der Waals surface area contributed by atoms with Gasteiger partial charge in [0, 0.05) is 19.4 Å². The van der Waals surface area contributed by atoms with Gasteiger partial charge in [-0.25, -0.2) is 0 Å². The smallest absolute Gasteiger partial charge is 0.306 e. The molecule has 0 aliphatic rings. The first-order valence-electron chi connectivity index (χ1n) is 6.99. The number of amides is 1. The Bertz CT molecular complexity index is 328. The van der Waals surface area contributed by atoms with E-state index in [1.54, 1.807) is 6.92 Å². The van der Waals surface area contributed by atoms with Crippen molar-refractivity contribution in [3.8, 4) is 0 Å². The lowest BCUT2D eigenvalue weighted by atomic mass is 9.94. The molecule has 0 heterocycles. The first-order valence-corrected chi connectivity index (χ1v) is 6.99. The average Bonchev–Trinajstić information content (AvgIpc) is 2.32. The molecule has 1 unspecified atom stereocenters. The predicted molar refractivity (Wildman–Crippen MR) is 74.1 cm³/mol. The van der Waals surface area contributed by atoms with Crippen molar-refractivity contribution in [2.24, 2.45) is 11.8 Å². The van der Waals surface area contributed by atoms with Crippen LogP contribution in [0.2, 0.25) is 0 Å². The second kappa shape index (κ2) is 10.2. The topological polar surface area (TPSA) is 92.7 Å². The molecule has 0 spiro atoms. The largest absolute Gasteiger partial charge is 0.481 e. The lowest BCUT2D eigenvalue weighted by Crippen LogP contribution is -2.31. The zero-order valence-corrected chi connectivity index (χ0v) is 12.5. The molecule has 0 rings (SSSR count). The molecule has 6 heteroatoms. The Morgan fingerprint density at radius 3 is 2.35 bits per heavy atom. The quantitative estimate of drug-likeness (QED) is 0.595. The number of nitrogens with one attached hydrogen (secondary N) is 1. The molecule has 0 aliphatic heterocycles. The molecule has 2 N–H and O–H groups in total. The van der Waals surface area contributed by atoms with Crippen LogP contribution in [0.4, 0.5) is 0 Å². The number of esters is 1. The predicted octanol–water partition coefficient (Wildman–Crippen LogP) is 1.58. The van der Waals surface area contributed by atoms with Crippen LogP contribution in [0.15, 0.2) is 0 Å². The fourth-order valence-electron chi connectivity index (χ4n) is 1.95.